The van der Waals surface area contributed by atoms with Crippen molar-refractivity contribution in [2.45, 2.75) is 106 Å². The molecule has 0 heterocycles. The summed E-state index contributed by atoms with van der Waals surface area (Å²) in [5.74, 6) is -4.96. The van der Waals surface area contributed by atoms with E-state index in [2.05, 4.69) is 0 Å². The fraction of sp³-hybridized carbons (Fsp3) is 0.818. The molecule has 0 unspecified atom stereocenters. The lowest BCUT2D eigenvalue weighted by atomic mass is 9.99. The Bertz CT molecular complexity index is 510. The summed E-state index contributed by atoms with van der Waals surface area (Å²) < 4.78 is 6.43. The van der Waals surface area contributed by atoms with E-state index >= 15 is 0 Å². The summed E-state index contributed by atoms with van der Waals surface area (Å²) in [7, 11) is -4.39. The maximum atomic E-state index is 11.0. The topological polar surface area (TPSA) is 158 Å². The fourth-order valence-corrected chi connectivity index (χ4v) is 12.5. The van der Waals surface area contributed by atoms with E-state index in [4.69, 9.17) is 24.5 Å². The zero-order valence-electron chi connectivity index (χ0n) is 19.6. The second-order valence-corrected chi connectivity index (χ2v) is 17.7. The average molecular weight is 513 g/mol. The maximum absolute atomic E-state index is 11.0. The Kier molecular flexibility index (Phi) is 21.8. The third-order valence-corrected chi connectivity index (χ3v) is 12.1. The summed E-state index contributed by atoms with van der Waals surface area (Å²) in [5.41, 5.74) is 0. The largest absolute Gasteiger partial charge is 0.481 e. The third kappa shape index (κ3) is 23.2. The van der Waals surface area contributed by atoms with E-state index in [9.17, 15) is 19.2 Å². The predicted molar refractivity (Wildman–Crippen MR) is 136 cm³/mol. The zero-order valence-corrected chi connectivity index (χ0v) is 21.6. The van der Waals surface area contributed by atoms with Crippen LogP contribution in [0.1, 0.15) is 67.2 Å². The van der Waals surface area contributed by atoms with Gasteiger partial charge in [-0.3, -0.25) is 19.2 Å². The van der Waals surface area contributed by atoms with Crippen LogP contribution in [0.25, 0.3) is 0 Å². The Morgan fingerprint density at radius 3 is 1.00 bits per heavy atom. The van der Waals surface area contributed by atoms with Gasteiger partial charge < -0.3 is 24.5 Å². The molecule has 0 spiro atoms. The smallest absolute Gasteiger partial charge is 0.303 e. The summed E-state index contributed by atoms with van der Waals surface area (Å²) in [6.07, 6.45) is 0.159. The number of rotatable bonds is 16. The molecule has 198 valence electrons. The quantitative estimate of drug-likeness (QED) is 0.192. The lowest BCUT2D eigenvalue weighted by molar-refractivity contribution is -0.142. The summed E-state index contributed by atoms with van der Waals surface area (Å²) >= 11 is 0. The second kappa shape index (κ2) is 18.7. The van der Waals surface area contributed by atoms with Gasteiger partial charge in [-0.1, -0.05) is 28.7 Å². The fourth-order valence-electron chi connectivity index (χ4n) is 3.49. The highest BCUT2D eigenvalue weighted by atomic mass is 28.4. The number of hydrogen-bond acceptors (Lipinski definition) is 5. The van der Waals surface area contributed by atoms with Crippen molar-refractivity contribution in [3.05, 3.63) is 0 Å². The van der Waals surface area contributed by atoms with Crippen LogP contribution in [-0.2, 0) is 23.3 Å². The van der Waals surface area contributed by atoms with Gasteiger partial charge in [0, 0.05) is 25.7 Å². The normalized spacial score (nSPS) is 11.0. The Labute approximate surface area is 201 Å². The molecule has 0 radical (unpaired) electrons. The Morgan fingerprint density at radius 2 is 0.818 bits per heavy atom. The molecule has 9 nitrogen and oxygen atoms in total. The standard InChI is InChI=1S/C18H34O9Si2.C2H6.2CH4/c1-28(2,7-5-13(9-15(19)20)10-16(21)22)27-29(3,4)8-6-14(11-17(23)24)12-18(25)26;1-2;;/h13-14H,5-12H2,1-4H3,(H,19,20)(H,21,22)(H,23,24)(H,25,26);1-2H3;2*1H4. The van der Waals surface area contributed by atoms with Gasteiger partial charge in [0.1, 0.15) is 0 Å². The van der Waals surface area contributed by atoms with Crippen molar-refractivity contribution >= 4 is 40.5 Å². The van der Waals surface area contributed by atoms with Crippen LogP contribution in [0.4, 0.5) is 0 Å². The molecule has 0 saturated carbocycles. The van der Waals surface area contributed by atoms with Crippen LogP contribution < -0.4 is 0 Å². The Balaban J connectivity index is -0.00000102. The van der Waals surface area contributed by atoms with Crippen LogP contribution in [0.5, 0.6) is 0 Å². The van der Waals surface area contributed by atoms with Crippen molar-refractivity contribution in [2.24, 2.45) is 11.8 Å². The van der Waals surface area contributed by atoms with Gasteiger partial charge in [-0.2, -0.15) is 0 Å². The van der Waals surface area contributed by atoms with Gasteiger partial charge in [-0.05, 0) is 63.0 Å². The molecule has 0 bridgehead atoms. The van der Waals surface area contributed by atoms with Crippen LogP contribution in [-0.4, -0.2) is 60.9 Å². The first-order chi connectivity index (χ1) is 14.1. The van der Waals surface area contributed by atoms with Gasteiger partial charge in [0.25, 0.3) is 0 Å². The van der Waals surface area contributed by atoms with Crippen molar-refractivity contribution in [3.63, 3.8) is 0 Å². The van der Waals surface area contributed by atoms with Crippen molar-refractivity contribution < 1.29 is 43.7 Å². The molecular weight excluding hydrogens is 464 g/mol. The molecule has 4 N–H and O–H groups in total. The molecule has 0 aromatic heterocycles. The van der Waals surface area contributed by atoms with Crippen LogP contribution in [0.3, 0.4) is 0 Å². The van der Waals surface area contributed by atoms with Gasteiger partial charge in [0.05, 0.1) is 0 Å². The molecule has 0 aliphatic carbocycles. The first-order valence-corrected chi connectivity index (χ1v) is 16.9. The lowest BCUT2D eigenvalue weighted by Crippen LogP contribution is -2.44. The summed E-state index contributed by atoms with van der Waals surface area (Å²) in [6.45, 7) is 12.0. The minimum atomic E-state index is -2.20. The number of aliphatic carboxylic acids is 4. The predicted octanol–water partition coefficient (Wildman–Crippen LogP) is 5.62. The highest BCUT2D eigenvalue weighted by Crippen LogP contribution is 2.29. The van der Waals surface area contributed by atoms with Crippen LogP contribution in [0, 0.1) is 11.8 Å². The van der Waals surface area contributed by atoms with Crippen molar-refractivity contribution in [2.75, 3.05) is 0 Å². The number of carboxylic acids is 4. The van der Waals surface area contributed by atoms with Gasteiger partial charge in [-0.15, -0.1) is 0 Å². The summed E-state index contributed by atoms with van der Waals surface area (Å²) in [4.78, 5) is 43.8. The van der Waals surface area contributed by atoms with E-state index in [-0.39, 0.29) is 40.5 Å². The Hall–Kier alpha value is -1.73. The Morgan fingerprint density at radius 1 is 0.606 bits per heavy atom. The van der Waals surface area contributed by atoms with E-state index in [0.717, 1.165) is 0 Å². The van der Waals surface area contributed by atoms with E-state index in [1.807, 2.05) is 40.0 Å². The molecular formula is C22H48O9Si2. The maximum Gasteiger partial charge on any atom is 0.303 e. The van der Waals surface area contributed by atoms with Crippen LogP contribution >= 0.6 is 0 Å². The molecule has 0 saturated heterocycles. The minimum absolute atomic E-state index is 0. The SMILES string of the molecule is C.C.CC.C[Si](C)(CCC(CC(=O)O)CC(=O)O)O[Si](C)(C)CCC(CC(=O)O)CC(=O)O. The number of carbonyl (C=O) groups is 4. The number of hydrogen-bond donors (Lipinski definition) is 4. The van der Waals surface area contributed by atoms with Gasteiger partial charge in [0.15, 0.2) is 16.6 Å². The van der Waals surface area contributed by atoms with E-state index in [1.165, 1.54) is 0 Å². The number of carboxylic acid groups (broad SMARTS) is 4. The molecule has 0 rings (SSSR count). The van der Waals surface area contributed by atoms with E-state index < -0.39 is 52.3 Å². The van der Waals surface area contributed by atoms with Gasteiger partial charge >= 0.3 is 23.9 Å². The van der Waals surface area contributed by atoms with Crippen molar-refractivity contribution in [3.8, 4) is 0 Å². The molecule has 0 atom stereocenters. The highest BCUT2D eigenvalue weighted by Gasteiger charge is 2.34. The van der Waals surface area contributed by atoms with Crippen LogP contribution in [0.15, 0.2) is 0 Å². The van der Waals surface area contributed by atoms with Crippen molar-refractivity contribution in [1.82, 2.24) is 0 Å². The van der Waals surface area contributed by atoms with Gasteiger partial charge in [-0.25, -0.2) is 0 Å². The average Bonchev–Trinajstić information content (AvgIpc) is 2.57. The molecule has 0 aromatic carbocycles. The molecule has 0 aromatic rings. The lowest BCUT2D eigenvalue weighted by Gasteiger charge is -2.35. The first kappa shape index (κ1) is 38.5. The summed E-state index contributed by atoms with van der Waals surface area (Å²) in [6, 6.07) is 1.25. The van der Waals surface area contributed by atoms with E-state index in [1.54, 1.807) is 0 Å². The molecule has 0 amide bonds. The molecule has 11 heteroatoms. The molecule has 0 aliphatic heterocycles. The van der Waals surface area contributed by atoms with Crippen molar-refractivity contribution in [1.29, 1.82) is 0 Å². The zero-order chi connectivity index (χ0) is 24.8. The monoisotopic (exact) mass is 512 g/mol. The van der Waals surface area contributed by atoms with E-state index in [0.29, 0.717) is 24.9 Å². The minimum Gasteiger partial charge on any atom is -0.481 e. The van der Waals surface area contributed by atoms with Crippen LogP contribution in [0.2, 0.25) is 38.3 Å². The molecule has 0 fully saturated rings. The first-order valence-electron chi connectivity index (χ1n) is 10.7. The van der Waals surface area contributed by atoms with Gasteiger partial charge in [0.2, 0.25) is 0 Å². The second-order valence-electron chi connectivity index (χ2n) is 8.82. The highest BCUT2D eigenvalue weighted by molar-refractivity contribution is 6.84. The molecule has 0 aliphatic rings. The summed E-state index contributed by atoms with van der Waals surface area (Å²) in [5, 5.41) is 35.9. The third-order valence-electron chi connectivity index (χ3n) is 4.72. The molecule has 33 heavy (non-hydrogen) atoms.